The molecule has 0 heterocycles. The van der Waals surface area contributed by atoms with E-state index in [1.165, 1.54) is 13.8 Å². The number of hydrogen-bond acceptors (Lipinski definition) is 2. The topological polar surface area (TPSA) is 57.5 Å². The standard InChI is InChI=1S/C12H14F2O3/c1-3-12(17,11(15)16)7(2)9-6-8(13)4-5-10(9)14/h4-7,17H,3H2,1-2H3,(H,15,16). The molecule has 0 spiro atoms. The number of aliphatic hydroxyl groups is 1. The first-order valence-corrected chi connectivity index (χ1v) is 5.23. The number of carboxylic acid groups (broad SMARTS) is 1. The minimum Gasteiger partial charge on any atom is -0.479 e. The fraction of sp³-hybridized carbons (Fsp3) is 0.417. The van der Waals surface area contributed by atoms with Crippen LogP contribution in [0.4, 0.5) is 8.78 Å². The zero-order chi connectivity index (χ0) is 13.2. The van der Waals surface area contributed by atoms with Gasteiger partial charge in [0.15, 0.2) is 5.60 Å². The Morgan fingerprint density at radius 3 is 2.53 bits per heavy atom. The molecule has 0 saturated carbocycles. The second kappa shape index (κ2) is 4.79. The summed E-state index contributed by atoms with van der Waals surface area (Å²) in [6.07, 6.45) is -0.0978. The Kier molecular flexibility index (Phi) is 3.83. The molecule has 0 fully saturated rings. The Balaban J connectivity index is 3.23. The van der Waals surface area contributed by atoms with Gasteiger partial charge in [0.1, 0.15) is 11.6 Å². The number of hydrogen-bond donors (Lipinski definition) is 2. The van der Waals surface area contributed by atoms with Crippen molar-refractivity contribution in [3.63, 3.8) is 0 Å². The molecule has 0 aromatic heterocycles. The molecule has 1 rings (SSSR count). The minimum atomic E-state index is -2.10. The van der Waals surface area contributed by atoms with Crippen molar-refractivity contribution in [2.45, 2.75) is 31.8 Å². The van der Waals surface area contributed by atoms with E-state index in [4.69, 9.17) is 5.11 Å². The molecule has 0 saturated heterocycles. The van der Waals surface area contributed by atoms with Crippen LogP contribution in [0.3, 0.4) is 0 Å². The van der Waals surface area contributed by atoms with Crippen LogP contribution in [0.25, 0.3) is 0 Å². The summed E-state index contributed by atoms with van der Waals surface area (Å²) in [6, 6.07) is 2.76. The summed E-state index contributed by atoms with van der Waals surface area (Å²) in [5.41, 5.74) is -2.24. The minimum absolute atomic E-state index is 0.0978. The van der Waals surface area contributed by atoms with Crippen LogP contribution >= 0.6 is 0 Å². The van der Waals surface area contributed by atoms with Gasteiger partial charge in [0.2, 0.25) is 0 Å². The van der Waals surface area contributed by atoms with Crippen LogP contribution in [0.15, 0.2) is 18.2 Å². The number of carboxylic acids is 1. The average Bonchev–Trinajstić information content (AvgIpc) is 2.30. The van der Waals surface area contributed by atoms with Crippen molar-refractivity contribution in [3.05, 3.63) is 35.4 Å². The third kappa shape index (κ3) is 2.44. The summed E-state index contributed by atoms with van der Waals surface area (Å²) in [4.78, 5) is 11.0. The van der Waals surface area contributed by atoms with Crippen LogP contribution in [-0.2, 0) is 4.79 Å². The summed E-state index contributed by atoms with van der Waals surface area (Å²) in [6.45, 7) is 2.83. The lowest BCUT2D eigenvalue weighted by Crippen LogP contribution is -2.43. The van der Waals surface area contributed by atoms with Crippen LogP contribution in [0, 0.1) is 11.6 Å². The summed E-state index contributed by atoms with van der Waals surface area (Å²) >= 11 is 0. The van der Waals surface area contributed by atoms with Gasteiger partial charge in [-0.25, -0.2) is 13.6 Å². The van der Waals surface area contributed by atoms with Crippen LogP contribution in [-0.4, -0.2) is 21.8 Å². The van der Waals surface area contributed by atoms with E-state index < -0.39 is 29.1 Å². The molecule has 3 nitrogen and oxygen atoms in total. The molecular weight excluding hydrogens is 230 g/mol. The Hall–Kier alpha value is -1.49. The van der Waals surface area contributed by atoms with Crippen LogP contribution < -0.4 is 0 Å². The maximum absolute atomic E-state index is 13.5. The summed E-state index contributed by atoms with van der Waals surface area (Å²) in [5.74, 6) is -3.89. The van der Waals surface area contributed by atoms with Crippen molar-refractivity contribution >= 4 is 5.97 Å². The molecule has 94 valence electrons. The Labute approximate surface area is 97.7 Å². The summed E-state index contributed by atoms with van der Waals surface area (Å²) < 4.78 is 26.5. The summed E-state index contributed by atoms with van der Waals surface area (Å²) in [5, 5.41) is 18.9. The monoisotopic (exact) mass is 244 g/mol. The van der Waals surface area contributed by atoms with Gasteiger partial charge in [0.05, 0.1) is 0 Å². The predicted molar refractivity (Wildman–Crippen MR) is 57.6 cm³/mol. The van der Waals surface area contributed by atoms with E-state index in [9.17, 15) is 18.7 Å². The first-order valence-electron chi connectivity index (χ1n) is 5.23. The maximum atomic E-state index is 13.5. The third-order valence-electron chi connectivity index (χ3n) is 3.05. The molecule has 0 amide bonds. The SMILES string of the molecule is CCC(O)(C(=O)O)C(C)c1cc(F)ccc1F. The lowest BCUT2D eigenvalue weighted by atomic mass is 9.81. The van der Waals surface area contributed by atoms with Gasteiger partial charge in [0.25, 0.3) is 0 Å². The third-order valence-corrected chi connectivity index (χ3v) is 3.05. The second-order valence-corrected chi connectivity index (χ2v) is 3.97. The van der Waals surface area contributed by atoms with Gasteiger partial charge in [-0.1, -0.05) is 13.8 Å². The molecule has 2 unspecified atom stereocenters. The highest BCUT2D eigenvalue weighted by Gasteiger charge is 2.41. The first-order chi connectivity index (χ1) is 7.82. The number of benzene rings is 1. The number of carbonyl (C=O) groups is 1. The number of rotatable bonds is 4. The second-order valence-electron chi connectivity index (χ2n) is 3.97. The molecule has 0 radical (unpaired) electrons. The van der Waals surface area contributed by atoms with E-state index in [0.29, 0.717) is 0 Å². The lowest BCUT2D eigenvalue weighted by molar-refractivity contribution is -0.161. The Bertz CT molecular complexity index is 434. The van der Waals surface area contributed by atoms with E-state index in [-0.39, 0.29) is 12.0 Å². The van der Waals surface area contributed by atoms with E-state index in [2.05, 4.69) is 0 Å². The molecule has 0 aliphatic rings. The largest absolute Gasteiger partial charge is 0.479 e. The smallest absolute Gasteiger partial charge is 0.336 e. The van der Waals surface area contributed by atoms with E-state index in [1.54, 1.807) is 0 Å². The molecule has 5 heteroatoms. The van der Waals surface area contributed by atoms with Gasteiger partial charge >= 0.3 is 5.97 Å². The van der Waals surface area contributed by atoms with Crippen molar-refractivity contribution in [1.29, 1.82) is 0 Å². The van der Waals surface area contributed by atoms with Crippen LogP contribution in [0.2, 0.25) is 0 Å². The zero-order valence-electron chi connectivity index (χ0n) is 9.58. The van der Waals surface area contributed by atoms with Gasteiger partial charge in [0, 0.05) is 5.92 Å². The number of aliphatic carboxylic acids is 1. The van der Waals surface area contributed by atoms with Crippen molar-refractivity contribution in [1.82, 2.24) is 0 Å². The maximum Gasteiger partial charge on any atom is 0.336 e. The summed E-state index contributed by atoms with van der Waals surface area (Å²) in [7, 11) is 0. The Morgan fingerprint density at radius 1 is 1.47 bits per heavy atom. The highest BCUT2D eigenvalue weighted by atomic mass is 19.1. The highest BCUT2D eigenvalue weighted by molar-refractivity contribution is 5.78. The molecule has 1 aromatic rings. The fourth-order valence-corrected chi connectivity index (χ4v) is 1.75. The fourth-order valence-electron chi connectivity index (χ4n) is 1.75. The van der Waals surface area contributed by atoms with E-state index in [1.807, 2.05) is 0 Å². The predicted octanol–water partition coefficient (Wildman–Crippen LogP) is 2.29. The molecule has 0 aliphatic carbocycles. The van der Waals surface area contributed by atoms with Gasteiger partial charge in [-0.05, 0) is 30.2 Å². The van der Waals surface area contributed by atoms with E-state index >= 15 is 0 Å². The van der Waals surface area contributed by atoms with Crippen molar-refractivity contribution in [3.8, 4) is 0 Å². The van der Waals surface area contributed by atoms with Crippen molar-refractivity contribution in [2.75, 3.05) is 0 Å². The molecular formula is C12H14F2O3. The van der Waals surface area contributed by atoms with Crippen LogP contribution in [0.5, 0.6) is 0 Å². The van der Waals surface area contributed by atoms with Gasteiger partial charge in [-0.3, -0.25) is 0 Å². The van der Waals surface area contributed by atoms with Crippen LogP contribution in [0.1, 0.15) is 31.7 Å². The molecule has 2 N–H and O–H groups in total. The highest BCUT2D eigenvalue weighted by Crippen LogP contribution is 2.32. The quantitative estimate of drug-likeness (QED) is 0.854. The Morgan fingerprint density at radius 2 is 2.06 bits per heavy atom. The van der Waals surface area contributed by atoms with E-state index in [0.717, 1.165) is 18.2 Å². The molecule has 2 atom stereocenters. The van der Waals surface area contributed by atoms with Gasteiger partial charge < -0.3 is 10.2 Å². The normalized spacial score (nSPS) is 16.3. The van der Waals surface area contributed by atoms with Crippen molar-refractivity contribution < 1.29 is 23.8 Å². The molecule has 0 bridgehead atoms. The average molecular weight is 244 g/mol. The lowest BCUT2D eigenvalue weighted by Gasteiger charge is -2.29. The zero-order valence-corrected chi connectivity index (χ0v) is 9.58. The number of halogens is 2. The van der Waals surface area contributed by atoms with Gasteiger partial charge in [-0.15, -0.1) is 0 Å². The first kappa shape index (κ1) is 13.6. The molecule has 17 heavy (non-hydrogen) atoms. The molecule has 0 aliphatic heterocycles. The van der Waals surface area contributed by atoms with Gasteiger partial charge in [-0.2, -0.15) is 0 Å². The molecule has 1 aromatic carbocycles. The van der Waals surface area contributed by atoms with Crippen molar-refractivity contribution in [2.24, 2.45) is 0 Å².